The minimum Gasteiger partial charge on any atom is -0.399 e. The third kappa shape index (κ3) is 2.63. The second-order valence-corrected chi connectivity index (χ2v) is 3.70. The molecule has 0 saturated carbocycles. The molecule has 0 aromatic heterocycles. The number of carbonyl (C=O) groups excluding carboxylic acids is 1. The van der Waals surface area contributed by atoms with Crippen LogP contribution in [0.2, 0.25) is 0 Å². The fraction of sp³-hybridized carbons (Fsp3) is 0. The van der Waals surface area contributed by atoms with E-state index in [0.717, 1.165) is 12.1 Å². The summed E-state index contributed by atoms with van der Waals surface area (Å²) in [5, 5.41) is 2.49. The number of carbonyl (C=O) groups is 1. The summed E-state index contributed by atoms with van der Waals surface area (Å²) in [6.45, 7) is 0. The number of hydrogen-bond donors (Lipinski definition) is 2. The molecule has 2 rings (SSSR count). The van der Waals surface area contributed by atoms with Crippen molar-refractivity contribution in [2.45, 2.75) is 0 Å². The van der Waals surface area contributed by atoms with Gasteiger partial charge < -0.3 is 11.1 Å². The van der Waals surface area contributed by atoms with Gasteiger partial charge in [0.05, 0.1) is 5.56 Å². The van der Waals surface area contributed by atoms with E-state index in [2.05, 4.69) is 5.32 Å². The Morgan fingerprint density at radius 1 is 1.06 bits per heavy atom. The summed E-state index contributed by atoms with van der Waals surface area (Å²) in [4.78, 5) is 11.7. The van der Waals surface area contributed by atoms with Gasteiger partial charge in [-0.25, -0.2) is 8.78 Å². The van der Waals surface area contributed by atoms with E-state index in [9.17, 15) is 13.6 Å². The Labute approximate surface area is 102 Å². The SMILES string of the molecule is Nc1ccc(NC(=O)c2ccc(F)cc2F)cc1. The van der Waals surface area contributed by atoms with Crippen LogP contribution in [0.1, 0.15) is 10.4 Å². The molecule has 0 aliphatic carbocycles. The molecule has 2 aromatic rings. The largest absolute Gasteiger partial charge is 0.399 e. The van der Waals surface area contributed by atoms with Crippen LogP contribution in [0.5, 0.6) is 0 Å². The smallest absolute Gasteiger partial charge is 0.258 e. The third-order valence-corrected chi connectivity index (χ3v) is 2.34. The molecule has 0 heterocycles. The van der Waals surface area contributed by atoms with Gasteiger partial charge in [-0.05, 0) is 36.4 Å². The van der Waals surface area contributed by atoms with Crippen LogP contribution in [-0.4, -0.2) is 5.91 Å². The Morgan fingerprint density at radius 3 is 2.33 bits per heavy atom. The molecule has 5 heteroatoms. The Bertz CT molecular complexity index is 582. The molecule has 0 unspecified atom stereocenters. The zero-order valence-corrected chi connectivity index (χ0v) is 9.28. The van der Waals surface area contributed by atoms with E-state index < -0.39 is 17.5 Å². The summed E-state index contributed by atoms with van der Waals surface area (Å²) >= 11 is 0. The first-order chi connectivity index (χ1) is 8.56. The van der Waals surface area contributed by atoms with Gasteiger partial charge in [-0.1, -0.05) is 0 Å². The first-order valence-corrected chi connectivity index (χ1v) is 5.18. The van der Waals surface area contributed by atoms with Crippen LogP contribution in [0.25, 0.3) is 0 Å². The number of nitrogens with two attached hydrogens (primary N) is 1. The molecule has 0 atom stereocenters. The van der Waals surface area contributed by atoms with Crippen molar-refractivity contribution in [1.29, 1.82) is 0 Å². The molecule has 0 spiro atoms. The van der Waals surface area contributed by atoms with Crippen molar-refractivity contribution in [1.82, 2.24) is 0 Å². The highest BCUT2D eigenvalue weighted by Crippen LogP contribution is 2.14. The molecule has 3 nitrogen and oxygen atoms in total. The van der Waals surface area contributed by atoms with E-state index >= 15 is 0 Å². The summed E-state index contributed by atoms with van der Waals surface area (Å²) in [6.07, 6.45) is 0. The van der Waals surface area contributed by atoms with Gasteiger partial charge in [0, 0.05) is 17.4 Å². The normalized spacial score (nSPS) is 10.1. The summed E-state index contributed by atoms with van der Waals surface area (Å²) in [5.41, 5.74) is 6.32. The molecule has 0 radical (unpaired) electrons. The molecular weight excluding hydrogens is 238 g/mol. The number of amides is 1. The van der Waals surface area contributed by atoms with E-state index in [-0.39, 0.29) is 5.56 Å². The quantitative estimate of drug-likeness (QED) is 0.803. The first-order valence-electron chi connectivity index (χ1n) is 5.18. The number of nitrogen functional groups attached to an aromatic ring is 1. The monoisotopic (exact) mass is 248 g/mol. The van der Waals surface area contributed by atoms with Crippen LogP contribution in [-0.2, 0) is 0 Å². The predicted molar refractivity (Wildman–Crippen MR) is 65.2 cm³/mol. The molecule has 92 valence electrons. The molecule has 0 aliphatic rings. The second-order valence-electron chi connectivity index (χ2n) is 3.70. The molecule has 18 heavy (non-hydrogen) atoms. The third-order valence-electron chi connectivity index (χ3n) is 2.34. The van der Waals surface area contributed by atoms with Gasteiger partial charge in [0.15, 0.2) is 0 Å². The maximum atomic E-state index is 13.3. The van der Waals surface area contributed by atoms with Crippen molar-refractivity contribution in [2.75, 3.05) is 11.1 Å². The van der Waals surface area contributed by atoms with Crippen molar-refractivity contribution in [3.8, 4) is 0 Å². The fourth-order valence-corrected chi connectivity index (χ4v) is 1.44. The minimum atomic E-state index is -0.900. The first kappa shape index (κ1) is 12.0. The molecule has 0 saturated heterocycles. The van der Waals surface area contributed by atoms with Gasteiger partial charge in [0.2, 0.25) is 0 Å². The van der Waals surface area contributed by atoms with Crippen molar-refractivity contribution in [3.05, 3.63) is 59.7 Å². The number of hydrogen-bond acceptors (Lipinski definition) is 2. The number of benzene rings is 2. The minimum absolute atomic E-state index is 0.215. The van der Waals surface area contributed by atoms with Crippen LogP contribution in [0, 0.1) is 11.6 Å². The summed E-state index contributed by atoms with van der Waals surface area (Å²) in [5.74, 6) is -2.27. The molecular formula is C13H10F2N2O. The lowest BCUT2D eigenvalue weighted by Gasteiger charge is -2.06. The molecule has 0 bridgehead atoms. The van der Waals surface area contributed by atoms with Crippen molar-refractivity contribution in [2.24, 2.45) is 0 Å². The van der Waals surface area contributed by atoms with Gasteiger partial charge in [-0.3, -0.25) is 4.79 Å². The molecule has 2 aromatic carbocycles. The average molecular weight is 248 g/mol. The number of rotatable bonds is 2. The van der Waals surface area contributed by atoms with Gasteiger partial charge in [-0.15, -0.1) is 0 Å². The van der Waals surface area contributed by atoms with Crippen LogP contribution in [0.4, 0.5) is 20.2 Å². The summed E-state index contributed by atoms with van der Waals surface area (Å²) in [7, 11) is 0. The van der Waals surface area contributed by atoms with E-state index in [0.29, 0.717) is 17.4 Å². The lowest BCUT2D eigenvalue weighted by molar-refractivity contribution is 0.102. The topological polar surface area (TPSA) is 55.1 Å². The highest BCUT2D eigenvalue weighted by molar-refractivity contribution is 6.04. The Kier molecular flexibility index (Phi) is 3.23. The number of halogens is 2. The lowest BCUT2D eigenvalue weighted by atomic mass is 10.2. The Balaban J connectivity index is 2.19. The van der Waals surface area contributed by atoms with Crippen LogP contribution >= 0.6 is 0 Å². The Hall–Kier alpha value is -2.43. The van der Waals surface area contributed by atoms with Gasteiger partial charge >= 0.3 is 0 Å². The Morgan fingerprint density at radius 2 is 1.72 bits per heavy atom. The number of nitrogens with one attached hydrogen (secondary N) is 1. The fourth-order valence-electron chi connectivity index (χ4n) is 1.44. The maximum Gasteiger partial charge on any atom is 0.258 e. The van der Waals surface area contributed by atoms with E-state index in [1.165, 1.54) is 0 Å². The number of anilines is 2. The molecule has 0 aliphatic heterocycles. The van der Waals surface area contributed by atoms with Gasteiger partial charge in [0.1, 0.15) is 11.6 Å². The summed E-state index contributed by atoms with van der Waals surface area (Å²) in [6, 6.07) is 9.19. The van der Waals surface area contributed by atoms with Gasteiger partial charge in [0.25, 0.3) is 5.91 Å². The zero-order chi connectivity index (χ0) is 13.1. The lowest BCUT2D eigenvalue weighted by Crippen LogP contribution is -2.13. The average Bonchev–Trinajstić information content (AvgIpc) is 2.32. The highest BCUT2D eigenvalue weighted by Gasteiger charge is 2.12. The zero-order valence-electron chi connectivity index (χ0n) is 9.28. The second kappa shape index (κ2) is 4.83. The molecule has 0 fully saturated rings. The standard InChI is InChI=1S/C13H10F2N2O/c14-8-1-6-11(12(15)7-8)13(18)17-10-4-2-9(16)3-5-10/h1-7H,16H2,(H,17,18). The van der Waals surface area contributed by atoms with Crippen LogP contribution in [0.15, 0.2) is 42.5 Å². The maximum absolute atomic E-state index is 13.3. The summed E-state index contributed by atoms with van der Waals surface area (Å²) < 4.78 is 26.0. The molecule has 3 N–H and O–H groups in total. The van der Waals surface area contributed by atoms with Crippen LogP contribution < -0.4 is 11.1 Å². The predicted octanol–water partition coefficient (Wildman–Crippen LogP) is 2.80. The van der Waals surface area contributed by atoms with Crippen molar-refractivity contribution >= 4 is 17.3 Å². The van der Waals surface area contributed by atoms with Gasteiger partial charge in [-0.2, -0.15) is 0 Å². The molecule has 1 amide bonds. The van der Waals surface area contributed by atoms with Crippen molar-refractivity contribution in [3.63, 3.8) is 0 Å². The van der Waals surface area contributed by atoms with E-state index in [4.69, 9.17) is 5.73 Å². The van der Waals surface area contributed by atoms with Crippen molar-refractivity contribution < 1.29 is 13.6 Å². The van der Waals surface area contributed by atoms with E-state index in [1.807, 2.05) is 0 Å². The highest BCUT2D eigenvalue weighted by atomic mass is 19.1. The van der Waals surface area contributed by atoms with Crippen LogP contribution in [0.3, 0.4) is 0 Å². The van der Waals surface area contributed by atoms with E-state index in [1.54, 1.807) is 24.3 Å².